The lowest BCUT2D eigenvalue weighted by Gasteiger charge is -2.11. The lowest BCUT2D eigenvalue weighted by atomic mass is 10.0. The molecule has 0 fully saturated rings. The molecule has 2 aromatic carbocycles. The Hall–Kier alpha value is -2.17. The summed E-state index contributed by atoms with van der Waals surface area (Å²) in [6.07, 6.45) is -3.69. The van der Waals surface area contributed by atoms with E-state index in [9.17, 15) is 13.2 Å². The van der Waals surface area contributed by atoms with E-state index in [-0.39, 0.29) is 5.75 Å². The number of alkyl halides is 3. The first-order valence-electron chi connectivity index (χ1n) is 6.24. The maximum Gasteiger partial charge on any atom is 0.573 e. The minimum atomic E-state index is -4.67. The van der Waals surface area contributed by atoms with Crippen LogP contribution in [-0.4, -0.2) is 12.9 Å². The van der Waals surface area contributed by atoms with Gasteiger partial charge in [-0.1, -0.05) is 24.3 Å². The summed E-state index contributed by atoms with van der Waals surface area (Å²) in [5.74, 6) is -0.205. The van der Waals surface area contributed by atoms with Gasteiger partial charge in [-0.3, -0.25) is 0 Å². The van der Waals surface area contributed by atoms with Crippen LogP contribution in [-0.2, 0) is 6.42 Å². The van der Waals surface area contributed by atoms with Crippen molar-refractivity contribution in [1.82, 2.24) is 0 Å². The fourth-order valence-electron chi connectivity index (χ4n) is 2.34. The molecule has 0 radical (unpaired) electrons. The highest BCUT2D eigenvalue weighted by Crippen LogP contribution is 2.31. The molecule has 0 saturated heterocycles. The zero-order valence-electron chi connectivity index (χ0n) is 10.5. The summed E-state index contributed by atoms with van der Waals surface area (Å²) in [6, 6.07) is 11.9. The molecule has 0 saturated carbocycles. The molecule has 20 heavy (non-hydrogen) atoms. The Morgan fingerprint density at radius 1 is 1.00 bits per heavy atom. The normalized spacial score (nSPS) is 13.8. The lowest BCUT2D eigenvalue weighted by molar-refractivity contribution is -0.274. The molecule has 1 N–H and O–H groups in total. The van der Waals surface area contributed by atoms with Gasteiger partial charge in [-0.05, 0) is 41.3 Å². The molecule has 2 aromatic rings. The van der Waals surface area contributed by atoms with Gasteiger partial charge in [-0.15, -0.1) is 13.2 Å². The highest BCUT2D eigenvalue weighted by Gasteiger charge is 2.31. The Morgan fingerprint density at radius 2 is 1.80 bits per heavy atom. The average Bonchev–Trinajstić information content (AvgIpc) is 2.84. The van der Waals surface area contributed by atoms with Crippen LogP contribution in [0.2, 0.25) is 0 Å². The van der Waals surface area contributed by atoms with Gasteiger partial charge in [0.05, 0.1) is 0 Å². The van der Waals surface area contributed by atoms with E-state index in [1.54, 1.807) is 12.1 Å². The molecular formula is C15H12F3NO. The van der Waals surface area contributed by atoms with E-state index in [1.165, 1.54) is 17.7 Å². The third-order valence-corrected chi connectivity index (χ3v) is 3.22. The molecule has 0 aromatic heterocycles. The van der Waals surface area contributed by atoms with Gasteiger partial charge in [0.1, 0.15) is 5.75 Å². The molecule has 3 rings (SSSR count). The van der Waals surface area contributed by atoms with E-state index in [4.69, 9.17) is 0 Å². The topological polar surface area (TPSA) is 21.3 Å². The number of nitrogens with one attached hydrogen (secondary N) is 1. The van der Waals surface area contributed by atoms with Crippen molar-refractivity contribution < 1.29 is 17.9 Å². The molecule has 1 aliphatic heterocycles. The van der Waals surface area contributed by atoms with Gasteiger partial charge >= 0.3 is 6.36 Å². The number of benzene rings is 2. The van der Waals surface area contributed by atoms with Crippen molar-refractivity contribution in [3.8, 4) is 16.9 Å². The highest BCUT2D eigenvalue weighted by atomic mass is 19.4. The van der Waals surface area contributed by atoms with Crippen molar-refractivity contribution in [3.05, 3.63) is 48.0 Å². The largest absolute Gasteiger partial charge is 0.573 e. The minimum Gasteiger partial charge on any atom is -0.406 e. The third-order valence-electron chi connectivity index (χ3n) is 3.22. The molecule has 0 amide bonds. The number of hydrogen-bond acceptors (Lipinski definition) is 2. The first-order chi connectivity index (χ1) is 9.51. The Morgan fingerprint density at radius 3 is 2.60 bits per heavy atom. The quantitative estimate of drug-likeness (QED) is 0.888. The fraction of sp³-hybridized carbons (Fsp3) is 0.200. The van der Waals surface area contributed by atoms with Gasteiger partial charge < -0.3 is 10.1 Å². The van der Waals surface area contributed by atoms with Crippen LogP contribution in [0.3, 0.4) is 0 Å². The zero-order valence-corrected chi connectivity index (χ0v) is 10.5. The number of ether oxygens (including phenoxy) is 1. The molecule has 0 bridgehead atoms. The van der Waals surface area contributed by atoms with E-state index in [0.717, 1.165) is 24.2 Å². The third kappa shape index (κ3) is 2.71. The summed E-state index contributed by atoms with van der Waals surface area (Å²) in [4.78, 5) is 0. The number of rotatable bonds is 2. The van der Waals surface area contributed by atoms with Crippen LogP contribution in [0.1, 0.15) is 5.56 Å². The second kappa shape index (κ2) is 4.74. The second-order valence-electron chi connectivity index (χ2n) is 4.62. The molecule has 0 atom stereocenters. The number of fused-ring (bicyclic) bond motifs is 1. The van der Waals surface area contributed by atoms with Crippen molar-refractivity contribution >= 4 is 5.69 Å². The number of anilines is 1. The van der Waals surface area contributed by atoms with Crippen LogP contribution < -0.4 is 10.1 Å². The summed E-state index contributed by atoms with van der Waals surface area (Å²) >= 11 is 0. The van der Waals surface area contributed by atoms with Crippen molar-refractivity contribution in [3.63, 3.8) is 0 Å². The molecule has 5 heteroatoms. The number of hydrogen-bond donors (Lipinski definition) is 1. The standard InChI is InChI=1S/C15H12F3NO/c16-15(17,18)20-13-3-1-2-11(8-13)12-5-4-10-6-7-19-14(10)9-12/h1-5,8-9,19H,6-7H2. The second-order valence-corrected chi connectivity index (χ2v) is 4.62. The first kappa shape index (κ1) is 12.8. The molecule has 2 nitrogen and oxygen atoms in total. The molecule has 0 aliphatic carbocycles. The van der Waals surface area contributed by atoms with Gasteiger partial charge in [0.2, 0.25) is 0 Å². The molecular weight excluding hydrogens is 267 g/mol. The lowest BCUT2D eigenvalue weighted by Crippen LogP contribution is -2.17. The maximum atomic E-state index is 12.2. The van der Waals surface area contributed by atoms with Crippen molar-refractivity contribution in [2.75, 3.05) is 11.9 Å². The minimum absolute atomic E-state index is 0.205. The maximum absolute atomic E-state index is 12.2. The first-order valence-corrected chi connectivity index (χ1v) is 6.24. The van der Waals surface area contributed by atoms with Gasteiger partial charge in [-0.25, -0.2) is 0 Å². The van der Waals surface area contributed by atoms with E-state index >= 15 is 0 Å². The van der Waals surface area contributed by atoms with Gasteiger partial charge in [0.25, 0.3) is 0 Å². The molecule has 1 aliphatic rings. The molecule has 0 spiro atoms. The smallest absolute Gasteiger partial charge is 0.406 e. The molecule has 104 valence electrons. The zero-order chi connectivity index (χ0) is 14.2. The van der Waals surface area contributed by atoms with E-state index in [0.29, 0.717) is 5.56 Å². The number of halogens is 3. The Labute approximate surface area is 114 Å². The SMILES string of the molecule is FC(F)(F)Oc1cccc(-c2ccc3c(c2)NCC3)c1. The summed E-state index contributed by atoms with van der Waals surface area (Å²) in [7, 11) is 0. The monoisotopic (exact) mass is 279 g/mol. The summed E-state index contributed by atoms with van der Waals surface area (Å²) in [5, 5.41) is 3.25. The Kier molecular flexibility index (Phi) is 3.04. The van der Waals surface area contributed by atoms with Crippen LogP contribution in [0.15, 0.2) is 42.5 Å². The predicted octanol–water partition coefficient (Wildman–Crippen LogP) is 4.22. The Balaban J connectivity index is 1.92. The van der Waals surface area contributed by atoms with E-state index in [2.05, 4.69) is 10.1 Å². The van der Waals surface area contributed by atoms with E-state index in [1.807, 2.05) is 18.2 Å². The van der Waals surface area contributed by atoms with Crippen molar-refractivity contribution in [1.29, 1.82) is 0 Å². The summed E-state index contributed by atoms with van der Waals surface area (Å²) in [5.41, 5.74) is 3.84. The van der Waals surface area contributed by atoms with Crippen molar-refractivity contribution in [2.24, 2.45) is 0 Å². The molecule has 1 heterocycles. The highest BCUT2D eigenvalue weighted by molar-refractivity contribution is 5.72. The van der Waals surface area contributed by atoms with Gasteiger partial charge in [0.15, 0.2) is 0 Å². The van der Waals surface area contributed by atoms with Crippen LogP contribution in [0.5, 0.6) is 5.75 Å². The van der Waals surface area contributed by atoms with Crippen LogP contribution in [0.4, 0.5) is 18.9 Å². The predicted molar refractivity (Wildman–Crippen MR) is 70.8 cm³/mol. The van der Waals surface area contributed by atoms with E-state index < -0.39 is 6.36 Å². The fourth-order valence-corrected chi connectivity index (χ4v) is 2.34. The van der Waals surface area contributed by atoms with Crippen LogP contribution in [0, 0.1) is 0 Å². The van der Waals surface area contributed by atoms with Gasteiger partial charge in [-0.2, -0.15) is 0 Å². The summed E-state index contributed by atoms with van der Waals surface area (Å²) in [6.45, 7) is 0.899. The molecule has 0 unspecified atom stereocenters. The van der Waals surface area contributed by atoms with Crippen molar-refractivity contribution in [2.45, 2.75) is 12.8 Å². The van der Waals surface area contributed by atoms with Crippen LogP contribution >= 0.6 is 0 Å². The van der Waals surface area contributed by atoms with Gasteiger partial charge in [0, 0.05) is 12.2 Å². The Bertz CT molecular complexity index is 637. The average molecular weight is 279 g/mol. The summed E-state index contributed by atoms with van der Waals surface area (Å²) < 4.78 is 40.6. The van der Waals surface area contributed by atoms with Crippen LogP contribution in [0.25, 0.3) is 11.1 Å².